The normalized spacial score (nSPS) is 22.0. The molecule has 0 spiro atoms. The summed E-state index contributed by atoms with van der Waals surface area (Å²) in [6.45, 7) is 7.11. The molecule has 1 atom stereocenters. The van der Waals surface area contributed by atoms with E-state index in [9.17, 15) is 9.18 Å². The predicted octanol–water partition coefficient (Wildman–Crippen LogP) is 2.16. The van der Waals surface area contributed by atoms with Gasteiger partial charge in [-0.1, -0.05) is 0 Å². The highest BCUT2D eigenvalue weighted by Gasteiger charge is 2.53. The van der Waals surface area contributed by atoms with Crippen LogP contribution in [0.25, 0.3) is 0 Å². The Bertz CT molecular complexity index is 1160. The Balaban J connectivity index is 1.59. The number of guanidine groups is 1. The highest BCUT2D eigenvalue weighted by atomic mass is 19.1. The maximum Gasteiger partial charge on any atom is 0.263 e. The van der Waals surface area contributed by atoms with Crippen LogP contribution in [-0.2, 0) is 11.3 Å². The largest absolute Gasteiger partial charge is 0.340 e. The highest BCUT2D eigenvalue weighted by Crippen LogP contribution is 2.39. The number of hydrogen-bond acceptors (Lipinski definition) is 8. The monoisotopic (exact) mass is 450 g/mol. The number of hydrogen-bond donors (Lipinski definition) is 1. The van der Waals surface area contributed by atoms with Gasteiger partial charge in [0.25, 0.3) is 5.91 Å². The summed E-state index contributed by atoms with van der Waals surface area (Å²) in [5.74, 6) is 1.58. The number of fused-ring (bicyclic) bond motifs is 3. The second kappa shape index (κ2) is 7.51. The Kier molecular flexibility index (Phi) is 4.86. The second-order valence-electron chi connectivity index (χ2n) is 9.25. The van der Waals surface area contributed by atoms with Gasteiger partial charge in [0.1, 0.15) is 23.6 Å². The van der Waals surface area contributed by atoms with Gasteiger partial charge in [-0.05, 0) is 45.0 Å². The number of nitrogens with zero attached hydrogens (tertiary/aromatic N) is 7. The molecule has 1 N–H and O–H groups in total. The van der Waals surface area contributed by atoms with Gasteiger partial charge in [-0.25, -0.2) is 19.4 Å². The molecule has 10 heteroatoms. The molecule has 2 aromatic rings. The summed E-state index contributed by atoms with van der Waals surface area (Å²) in [6.07, 6.45) is 3.26. The number of carbonyl (C=O) groups excluding carboxylic acids is 1. The van der Waals surface area contributed by atoms with Crippen molar-refractivity contribution in [3.8, 4) is 0 Å². The molecule has 0 aliphatic carbocycles. The van der Waals surface area contributed by atoms with Crippen LogP contribution < -0.4 is 5.32 Å². The number of anilines is 1. The van der Waals surface area contributed by atoms with E-state index in [4.69, 9.17) is 4.99 Å². The number of amides is 1. The zero-order valence-electron chi connectivity index (χ0n) is 19.4. The van der Waals surface area contributed by atoms with Gasteiger partial charge in [0.2, 0.25) is 5.96 Å². The zero-order valence-corrected chi connectivity index (χ0v) is 19.4. The summed E-state index contributed by atoms with van der Waals surface area (Å²) in [7, 11) is 3.71. The average Bonchev–Trinajstić information content (AvgIpc) is 3.23. The molecular weight excluding hydrogens is 423 g/mol. The van der Waals surface area contributed by atoms with E-state index < -0.39 is 0 Å². The van der Waals surface area contributed by atoms with Crippen LogP contribution in [0, 0.1) is 12.7 Å². The van der Waals surface area contributed by atoms with Gasteiger partial charge < -0.3 is 10.2 Å². The molecule has 172 valence electrons. The van der Waals surface area contributed by atoms with Crippen molar-refractivity contribution in [1.29, 1.82) is 0 Å². The number of aliphatic imine (C=N–C) groups is 1. The first-order chi connectivity index (χ1) is 15.6. The van der Waals surface area contributed by atoms with Crippen molar-refractivity contribution < 1.29 is 9.18 Å². The molecule has 1 aromatic heterocycles. The maximum atomic E-state index is 13.6. The molecule has 5 rings (SSSR count). The lowest BCUT2D eigenvalue weighted by Crippen LogP contribution is -2.60. The topological polar surface area (TPSA) is 80.2 Å². The molecule has 3 aliphatic heterocycles. The quantitative estimate of drug-likeness (QED) is 0.765. The van der Waals surface area contributed by atoms with Crippen LogP contribution in [0.5, 0.6) is 0 Å². The minimum atomic E-state index is -0.318. The Morgan fingerprint density at radius 3 is 2.48 bits per heavy atom. The predicted molar refractivity (Wildman–Crippen MR) is 122 cm³/mol. The van der Waals surface area contributed by atoms with Gasteiger partial charge in [-0.2, -0.15) is 5.01 Å². The minimum absolute atomic E-state index is 0.119. The zero-order chi connectivity index (χ0) is 23.5. The van der Waals surface area contributed by atoms with E-state index in [0.717, 1.165) is 5.56 Å². The van der Waals surface area contributed by atoms with Gasteiger partial charge in [-0.15, -0.1) is 0 Å². The molecule has 3 aliphatic rings. The van der Waals surface area contributed by atoms with Crippen LogP contribution in [-0.4, -0.2) is 74.0 Å². The van der Waals surface area contributed by atoms with Gasteiger partial charge in [0.15, 0.2) is 0 Å². The van der Waals surface area contributed by atoms with E-state index in [1.165, 1.54) is 12.1 Å². The number of likely N-dealkylation sites (N-methyl/N-ethyl adjacent to an activating group) is 2. The number of carbonyl (C=O) groups is 1. The molecule has 1 amide bonds. The van der Waals surface area contributed by atoms with Crippen LogP contribution in [0.2, 0.25) is 0 Å². The molecule has 1 saturated heterocycles. The third-order valence-electron chi connectivity index (χ3n) is 6.13. The van der Waals surface area contributed by atoms with Gasteiger partial charge in [0, 0.05) is 44.3 Å². The molecule has 33 heavy (non-hydrogen) atoms. The number of benzene rings is 1. The molecule has 1 aromatic carbocycles. The Labute approximate surface area is 192 Å². The van der Waals surface area contributed by atoms with Gasteiger partial charge in [-0.3, -0.25) is 14.7 Å². The molecule has 1 fully saturated rings. The molecule has 0 bridgehead atoms. The number of halogens is 1. The molecule has 9 nitrogen and oxygen atoms in total. The summed E-state index contributed by atoms with van der Waals surface area (Å²) >= 11 is 0. The minimum Gasteiger partial charge on any atom is -0.340 e. The Hall–Kier alpha value is -3.53. The molecule has 1 unspecified atom stereocenters. The summed E-state index contributed by atoms with van der Waals surface area (Å²) in [5, 5.41) is 7.43. The number of aryl methyl sites for hydroxylation is 1. The van der Waals surface area contributed by atoms with Gasteiger partial charge >= 0.3 is 0 Å². The standard InChI is InChI=1S/C23H27FN8O/c1-14-25-10-15(11-26-14)12-32-19(27-17-8-6-16(24)7-9-17)18-20(30(32)5)31-13-23(2,3)28-22(31)29(4)21(18)33/h6-11,20,27H,12-13H2,1-5H3. The fraction of sp³-hybridized carbons (Fsp3) is 0.391. The number of hydrazine groups is 1. The van der Waals surface area contributed by atoms with Crippen LogP contribution in [0.15, 0.2) is 53.0 Å². The lowest BCUT2D eigenvalue weighted by molar-refractivity contribution is -0.126. The summed E-state index contributed by atoms with van der Waals surface area (Å²) in [6, 6.07) is 6.10. The average molecular weight is 451 g/mol. The lowest BCUT2D eigenvalue weighted by atomic mass is 10.1. The molecule has 0 saturated carbocycles. The van der Waals surface area contributed by atoms with Gasteiger partial charge in [0.05, 0.1) is 17.7 Å². The fourth-order valence-electron chi connectivity index (χ4n) is 4.57. The van der Waals surface area contributed by atoms with Crippen molar-refractivity contribution in [3.05, 3.63) is 65.3 Å². The lowest BCUT2D eigenvalue weighted by Gasteiger charge is -2.42. The third-order valence-corrected chi connectivity index (χ3v) is 6.13. The van der Waals surface area contributed by atoms with Crippen molar-refractivity contribution >= 4 is 17.6 Å². The Morgan fingerprint density at radius 2 is 1.82 bits per heavy atom. The Morgan fingerprint density at radius 1 is 1.15 bits per heavy atom. The maximum absolute atomic E-state index is 13.6. The van der Waals surface area contributed by atoms with Crippen molar-refractivity contribution in [1.82, 2.24) is 29.8 Å². The highest BCUT2D eigenvalue weighted by molar-refractivity contribution is 6.10. The van der Waals surface area contributed by atoms with Crippen molar-refractivity contribution in [2.45, 2.75) is 39.0 Å². The van der Waals surface area contributed by atoms with Crippen LogP contribution in [0.4, 0.5) is 10.1 Å². The van der Waals surface area contributed by atoms with E-state index in [-0.39, 0.29) is 23.4 Å². The summed E-state index contributed by atoms with van der Waals surface area (Å²) in [5.41, 5.74) is 1.91. The number of aromatic nitrogens is 2. The number of nitrogens with one attached hydrogen (secondary N) is 1. The van der Waals surface area contributed by atoms with E-state index in [2.05, 4.69) is 34.0 Å². The van der Waals surface area contributed by atoms with Crippen molar-refractivity contribution in [2.24, 2.45) is 4.99 Å². The van der Waals surface area contributed by atoms with E-state index in [0.29, 0.717) is 42.0 Å². The first-order valence-corrected chi connectivity index (χ1v) is 10.8. The smallest absolute Gasteiger partial charge is 0.263 e. The van der Waals surface area contributed by atoms with E-state index >= 15 is 0 Å². The third kappa shape index (κ3) is 3.60. The fourth-order valence-corrected chi connectivity index (χ4v) is 4.57. The van der Waals surface area contributed by atoms with Crippen LogP contribution >= 0.6 is 0 Å². The van der Waals surface area contributed by atoms with E-state index in [1.54, 1.807) is 36.5 Å². The van der Waals surface area contributed by atoms with Crippen LogP contribution in [0.3, 0.4) is 0 Å². The summed E-state index contributed by atoms with van der Waals surface area (Å²) in [4.78, 5) is 30.8. The second-order valence-corrected chi connectivity index (χ2v) is 9.25. The van der Waals surface area contributed by atoms with Crippen molar-refractivity contribution in [3.63, 3.8) is 0 Å². The van der Waals surface area contributed by atoms with Crippen LogP contribution in [0.1, 0.15) is 25.2 Å². The first kappa shape index (κ1) is 21.3. The number of rotatable bonds is 4. The molecule has 0 radical (unpaired) electrons. The molecular formula is C23H27FN8O. The SMILES string of the molecule is Cc1ncc(CN2C(Nc3ccc(F)cc3)=C3C(=O)N(C)C4=NC(C)(C)CN4C3N2C)cn1. The first-order valence-electron chi connectivity index (χ1n) is 10.8. The van der Waals surface area contributed by atoms with E-state index in [1.807, 2.05) is 24.0 Å². The molecule has 4 heterocycles. The summed E-state index contributed by atoms with van der Waals surface area (Å²) < 4.78 is 13.5. The van der Waals surface area contributed by atoms with Crippen molar-refractivity contribution in [2.75, 3.05) is 26.0 Å².